The molecule has 16 heavy (non-hydrogen) atoms. The number of benzene rings is 1. The molecule has 1 rings (SSSR count). The molecule has 0 heterocycles. The molecule has 0 radical (unpaired) electrons. The Balaban J connectivity index is 2.60. The molecule has 0 bridgehead atoms. The molecular formula is C12H18BrN3. The lowest BCUT2D eigenvalue weighted by molar-refractivity contribution is 0.492. The Labute approximate surface area is 105 Å². The van der Waals surface area contributed by atoms with Crippen molar-refractivity contribution in [1.82, 2.24) is 4.90 Å². The number of guanidine groups is 1. The van der Waals surface area contributed by atoms with E-state index in [1.54, 1.807) is 0 Å². The van der Waals surface area contributed by atoms with Crippen molar-refractivity contribution in [2.24, 2.45) is 10.7 Å². The van der Waals surface area contributed by atoms with Crippen LogP contribution >= 0.6 is 15.9 Å². The molecule has 0 aliphatic rings. The Bertz CT molecular complexity index is 363. The van der Waals surface area contributed by atoms with Gasteiger partial charge in [-0.3, -0.25) is 4.99 Å². The second-order valence-electron chi connectivity index (χ2n) is 3.73. The van der Waals surface area contributed by atoms with Crippen molar-refractivity contribution < 1.29 is 0 Å². The van der Waals surface area contributed by atoms with Crippen molar-refractivity contribution in [2.45, 2.75) is 19.9 Å². The number of aliphatic imine (C=N–C) groups is 1. The first-order valence-corrected chi connectivity index (χ1v) is 6.18. The molecular weight excluding hydrogens is 266 g/mol. The molecule has 0 unspecified atom stereocenters. The van der Waals surface area contributed by atoms with Crippen molar-refractivity contribution in [1.29, 1.82) is 0 Å². The van der Waals surface area contributed by atoms with Crippen LogP contribution in [0, 0.1) is 0 Å². The first-order chi connectivity index (χ1) is 7.63. The summed E-state index contributed by atoms with van der Waals surface area (Å²) in [4.78, 5) is 6.23. The molecule has 0 aliphatic heterocycles. The summed E-state index contributed by atoms with van der Waals surface area (Å²) < 4.78 is 1.09. The van der Waals surface area contributed by atoms with Gasteiger partial charge in [-0.2, -0.15) is 0 Å². The third-order valence-corrected chi connectivity index (χ3v) is 2.69. The third kappa shape index (κ3) is 4.23. The molecule has 0 saturated carbocycles. The highest BCUT2D eigenvalue weighted by Crippen LogP contribution is 2.12. The van der Waals surface area contributed by atoms with E-state index in [2.05, 4.69) is 40.0 Å². The highest BCUT2D eigenvalue weighted by Gasteiger charge is 2.02. The van der Waals surface area contributed by atoms with Crippen LogP contribution in [0.4, 0.5) is 0 Å². The number of rotatable bonds is 4. The van der Waals surface area contributed by atoms with E-state index >= 15 is 0 Å². The van der Waals surface area contributed by atoms with E-state index in [0.717, 1.165) is 24.0 Å². The van der Waals surface area contributed by atoms with E-state index in [-0.39, 0.29) is 0 Å². The maximum atomic E-state index is 5.85. The smallest absolute Gasteiger partial charge is 0.191 e. The summed E-state index contributed by atoms with van der Waals surface area (Å²) in [5, 5.41) is 0. The molecule has 3 nitrogen and oxygen atoms in total. The molecule has 0 aromatic heterocycles. The van der Waals surface area contributed by atoms with Gasteiger partial charge in [-0.15, -0.1) is 0 Å². The summed E-state index contributed by atoms with van der Waals surface area (Å²) in [5.41, 5.74) is 7.07. The quantitative estimate of drug-likeness (QED) is 0.682. The van der Waals surface area contributed by atoms with Crippen LogP contribution < -0.4 is 5.73 Å². The molecule has 4 heteroatoms. The minimum atomic E-state index is 0.599. The lowest BCUT2D eigenvalue weighted by Crippen LogP contribution is -2.33. The van der Waals surface area contributed by atoms with Crippen LogP contribution in [0.1, 0.15) is 18.9 Å². The highest BCUT2D eigenvalue weighted by atomic mass is 79.9. The zero-order valence-corrected chi connectivity index (χ0v) is 11.4. The molecule has 0 amide bonds. The van der Waals surface area contributed by atoms with E-state index in [1.807, 2.05) is 24.1 Å². The van der Waals surface area contributed by atoms with Crippen LogP contribution in [-0.4, -0.2) is 24.5 Å². The van der Waals surface area contributed by atoms with E-state index in [1.165, 1.54) is 5.56 Å². The number of halogens is 1. The first-order valence-electron chi connectivity index (χ1n) is 5.39. The molecule has 1 aromatic carbocycles. The predicted molar refractivity (Wildman–Crippen MR) is 72.4 cm³/mol. The Morgan fingerprint density at radius 2 is 2.25 bits per heavy atom. The summed E-state index contributed by atoms with van der Waals surface area (Å²) in [7, 11) is 1.95. The van der Waals surface area contributed by atoms with Crippen LogP contribution in [-0.2, 0) is 6.54 Å². The van der Waals surface area contributed by atoms with E-state index in [0.29, 0.717) is 5.96 Å². The molecule has 88 valence electrons. The van der Waals surface area contributed by atoms with Crippen LogP contribution in [0.15, 0.2) is 33.7 Å². The molecule has 0 saturated heterocycles. The first kappa shape index (κ1) is 13.0. The van der Waals surface area contributed by atoms with Crippen LogP contribution in [0.3, 0.4) is 0 Å². The van der Waals surface area contributed by atoms with Gasteiger partial charge in [0.05, 0.1) is 0 Å². The monoisotopic (exact) mass is 283 g/mol. The van der Waals surface area contributed by atoms with Gasteiger partial charge in [-0.1, -0.05) is 35.0 Å². The normalized spacial score (nSPS) is 11.6. The molecule has 0 fully saturated rings. The fourth-order valence-electron chi connectivity index (χ4n) is 1.34. The molecule has 1 aromatic rings. The zero-order valence-electron chi connectivity index (χ0n) is 9.78. The van der Waals surface area contributed by atoms with Crippen molar-refractivity contribution in [3.8, 4) is 0 Å². The van der Waals surface area contributed by atoms with Gasteiger partial charge >= 0.3 is 0 Å². The Morgan fingerprint density at radius 1 is 1.50 bits per heavy atom. The maximum Gasteiger partial charge on any atom is 0.191 e. The van der Waals surface area contributed by atoms with Crippen LogP contribution in [0.25, 0.3) is 0 Å². The third-order valence-electron chi connectivity index (χ3n) is 2.20. The van der Waals surface area contributed by atoms with E-state index in [9.17, 15) is 0 Å². The van der Waals surface area contributed by atoms with Gasteiger partial charge in [-0.25, -0.2) is 0 Å². The summed E-state index contributed by atoms with van der Waals surface area (Å²) in [5.74, 6) is 0.599. The van der Waals surface area contributed by atoms with E-state index < -0.39 is 0 Å². The lowest BCUT2D eigenvalue weighted by Gasteiger charge is -2.18. The van der Waals surface area contributed by atoms with Gasteiger partial charge in [0.15, 0.2) is 5.96 Å². The fraction of sp³-hybridized carbons (Fsp3) is 0.417. The lowest BCUT2D eigenvalue weighted by atomic mass is 10.2. The summed E-state index contributed by atoms with van der Waals surface area (Å²) >= 11 is 3.45. The Morgan fingerprint density at radius 3 is 2.88 bits per heavy atom. The summed E-state index contributed by atoms with van der Waals surface area (Å²) in [6.45, 7) is 3.65. The van der Waals surface area contributed by atoms with Crippen LogP contribution in [0.2, 0.25) is 0 Å². The Kier molecular flexibility index (Phi) is 5.32. The molecule has 0 aliphatic carbocycles. The van der Waals surface area contributed by atoms with Crippen LogP contribution in [0.5, 0.6) is 0 Å². The van der Waals surface area contributed by atoms with Crippen molar-refractivity contribution in [3.63, 3.8) is 0 Å². The Hall–Kier alpha value is -1.03. The minimum absolute atomic E-state index is 0.599. The van der Waals surface area contributed by atoms with Gasteiger partial charge in [-0.05, 0) is 24.1 Å². The van der Waals surface area contributed by atoms with Crippen molar-refractivity contribution in [2.75, 3.05) is 13.6 Å². The van der Waals surface area contributed by atoms with Crippen molar-refractivity contribution >= 4 is 21.9 Å². The van der Waals surface area contributed by atoms with Gasteiger partial charge in [0.25, 0.3) is 0 Å². The van der Waals surface area contributed by atoms with E-state index in [4.69, 9.17) is 5.73 Å². The number of nitrogens with two attached hydrogens (primary N) is 1. The summed E-state index contributed by atoms with van der Waals surface area (Å²) in [6, 6.07) is 8.20. The van der Waals surface area contributed by atoms with Gasteiger partial charge < -0.3 is 10.6 Å². The highest BCUT2D eigenvalue weighted by molar-refractivity contribution is 9.10. The SMILES string of the molecule is CCCN=C(N)N(C)Cc1cccc(Br)c1. The minimum Gasteiger partial charge on any atom is -0.370 e. The predicted octanol–water partition coefficient (Wildman–Crippen LogP) is 2.61. The number of nitrogens with zero attached hydrogens (tertiary/aromatic N) is 2. The molecule has 2 N–H and O–H groups in total. The topological polar surface area (TPSA) is 41.6 Å². The average molecular weight is 284 g/mol. The van der Waals surface area contributed by atoms with Gasteiger partial charge in [0.1, 0.15) is 0 Å². The molecule has 0 atom stereocenters. The van der Waals surface area contributed by atoms with Gasteiger partial charge in [0, 0.05) is 24.6 Å². The standard InChI is InChI=1S/C12H18BrN3/c1-3-7-15-12(14)16(2)9-10-5-4-6-11(13)8-10/h4-6,8H,3,7,9H2,1-2H3,(H2,14,15). The number of hydrogen-bond donors (Lipinski definition) is 1. The number of hydrogen-bond acceptors (Lipinski definition) is 1. The largest absolute Gasteiger partial charge is 0.370 e. The second kappa shape index (κ2) is 6.53. The second-order valence-corrected chi connectivity index (χ2v) is 4.64. The fourth-order valence-corrected chi connectivity index (χ4v) is 1.78. The zero-order chi connectivity index (χ0) is 12.0. The molecule has 0 spiro atoms. The average Bonchev–Trinajstić information content (AvgIpc) is 2.25. The van der Waals surface area contributed by atoms with Gasteiger partial charge in [0.2, 0.25) is 0 Å². The summed E-state index contributed by atoms with van der Waals surface area (Å²) in [6.07, 6.45) is 1.02. The van der Waals surface area contributed by atoms with Crippen molar-refractivity contribution in [3.05, 3.63) is 34.3 Å². The maximum absolute atomic E-state index is 5.85.